The summed E-state index contributed by atoms with van der Waals surface area (Å²) < 4.78 is 29.6. The van der Waals surface area contributed by atoms with Crippen molar-refractivity contribution in [3.05, 3.63) is 11.6 Å². The summed E-state index contributed by atoms with van der Waals surface area (Å²) in [4.78, 5) is 0. The van der Waals surface area contributed by atoms with E-state index in [1.165, 1.54) is 25.7 Å². The third kappa shape index (κ3) is 7.13. The number of hydrogen-bond acceptors (Lipinski definition) is 5. The molecule has 0 N–H and O–H groups in total. The standard InChI is InChI=1S/C26H48O5Si/c1-26(2,3)32(5,6)30-18-23-22-16-20(11-7-9-13-28-19-27-4)15-21(22)17-24(23)31-25-12-8-10-14-29-25/h15,21-25H,7-14,16-19H2,1-6H3/t21-,22-,23+,24+,25?/m0/s1. The molecule has 186 valence electrons. The summed E-state index contributed by atoms with van der Waals surface area (Å²) in [6.45, 7) is 14.6. The number of rotatable bonds is 12. The predicted octanol–water partition coefficient (Wildman–Crippen LogP) is 6.29. The van der Waals surface area contributed by atoms with Gasteiger partial charge in [0, 0.05) is 32.8 Å². The minimum absolute atomic E-state index is 0.0153. The molecule has 1 saturated carbocycles. The van der Waals surface area contributed by atoms with Gasteiger partial charge in [-0.05, 0) is 81.3 Å². The van der Waals surface area contributed by atoms with Crippen molar-refractivity contribution < 1.29 is 23.4 Å². The Balaban J connectivity index is 1.57. The maximum absolute atomic E-state index is 6.74. The fourth-order valence-electron chi connectivity index (χ4n) is 5.18. The molecule has 2 fully saturated rings. The van der Waals surface area contributed by atoms with Crippen molar-refractivity contribution in [2.75, 3.05) is 33.7 Å². The number of fused-ring (bicyclic) bond motifs is 1. The molecule has 0 aromatic rings. The largest absolute Gasteiger partial charge is 0.416 e. The second-order valence-corrected chi connectivity index (χ2v) is 16.4. The van der Waals surface area contributed by atoms with E-state index in [0.717, 1.165) is 45.5 Å². The van der Waals surface area contributed by atoms with Crippen LogP contribution in [0, 0.1) is 17.8 Å². The van der Waals surface area contributed by atoms with E-state index < -0.39 is 8.32 Å². The van der Waals surface area contributed by atoms with Gasteiger partial charge >= 0.3 is 0 Å². The van der Waals surface area contributed by atoms with Crippen LogP contribution in [0.3, 0.4) is 0 Å². The first-order chi connectivity index (χ1) is 15.2. The van der Waals surface area contributed by atoms with Crippen LogP contribution in [0.15, 0.2) is 11.6 Å². The number of ether oxygens (including phenoxy) is 4. The maximum Gasteiger partial charge on any atom is 0.191 e. The molecule has 3 rings (SSSR count). The molecule has 0 radical (unpaired) electrons. The van der Waals surface area contributed by atoms with Gasteiger partial charge in [0.05, 0.1) is 6.10 Å². The van der Waals surface area contributed by atoms with Gasteiger partial charge in [-0.15, -0.1) is 0 Å². The van der Waals surface area contributed by atoms with Gasteiger partial charge in [-0.25, -0.2) is 0 Å². The average Bonchev–Trinajstić information content (AvgIpc) is 3.26. The molecule has 0 bridgehead atoms. The molecule has 1 aliphatic heterocycles. The highest BCUT2D eigenvalue weighted by Crippen LogP contribution is 2.50. The minimum atomic E-state index is -1.78. The fourth-order valence-corrected chi connectivity index (χ4v) is 6.23. The summed E-state index contributed by atoms with van der Waals surface area (Å²) in [6.07, 6.45) is 12.0. The van der Waals surface area contributed by atoms with Gasteiger partial charge in [-0.3, -0.25) is 0 Å². The van der Waals surface area contributed by atoms with Gasteiger partial charge in [-0.1, -0.05) is 32.4 Å². The second-order valence-electron chi connectivity index (χ2n) is 11.6. The molecule has 1 heterocycles. The Hall–Kier alpha value is -0.243. The SMILES string of the molecule is COCOCCCCC1=C[C@H]2C[C@@H](OC3CCCCO3)[C@H](CO[Si](C)(C)C(C)(C)C)[C@H]2C1. The number of hydrogen-bond donors (Lipinski definition) is 0. The molecule has 6 heteroatoms. The predicted molar refractivity (Wildman–Crippen MR) is 131 cm³/mol. The molecule has 1 unspecified atom stereocenters. The first kappa shape index (κ1) is 26.4. The number of methoxy groups -OCH3 is 1. The van der Waals surface area contributed by atoms with Crippen LogP contribution >= 0.6 is 0 Å². The van der Waals surface area contributed by atoms with E-state index in [0.29, 0.717) is 24.5 Å². The molecular weight excluding hydrogens is 420 g/mol. The number of allylic oxidation sites excluding steroid dienone is 2. The first-order valence-corrected chi connectivity index (χ1v) is 15.8. The molecule has 0 amide bonds. The topological polar surface area (TPSA) is 46.2 Å². The van der Waals surface area contributed by atoms with Crippen LogP contribution in [0.2, 0.25) is 18.1 Å². The van der Waals surface area contributed by atoms with Gasteiger partial charge in [0.1, 0.15) is 6.79 Å². The number of unbranched alkanes of at least 4 members (excludes halogenated alkanes) is 1. The summed E-state index contributed by atoms with van der Waals surface area (Å²) in [5.74, 6) is 1.77. The Kier molecular flexibility index (Phi) is 9.84. The van der Waals surface area contributed by atoms with Crippen molar-refractivity contribution in [2.45, 2.75) is 103 Å². The van der Waals surface area contributed by atoms with Crippen molar-refractivity contribution >= 4 is 8.32 Å². The lowest BCUT2D eigenvalue weighted by Gasteiger charge is -2.38. The van der Waals surface area contributed by atoms with Crippen molar-refractivity contribution in [2.24, 2.45) is 17.8 Å². The summed E-state index contributed by atoms with van der Waals surface area (Å²) in [5, 5.41) is 0.234. The van der Waals surface area contributed by atoms with E-state index in [1.54, 1.807) is 12.7 Å². The van der Waals surface area contributed by atoms with Crippen LogP contribution in [0.25, 0.3) is 0 Å². The maximum atomic E-state index is 6.74. The highest BCUT2D eigenvalue weighted by molar-refractivity contribution is 6.74. The zero-order valence-corrected chi connectivity index (χ0v) is 22.5. The average molecular weight is 469 g/mol. The third-order valence-corrected chi connectivity index (χ3v) is 12.7. The van der Waals surface area contributed by atoms with Gasteiger partial charge < -0.3 is 23.4 Å². The van der Waals surface area contributed by atoms with Crippen LogP contribution in [-0.4, -0.2) is 54.4 Å². The lowest BCUT2D eigenvalue weighted by atomic mass is 9.90. The van der Waals surface area contributed by atoms with Gasteiger partial charge in [-0.2, -0.15) is 0 Å². The summed E-state index contributed by atoms with van der Waals surface area (Å²) in [6, 6.07) is 0. The Morgan fingerprint density at radius 2 is 1.97 bits per heavy atom. The smallest absolute Gasteiger partial charge is 0.191 e. The fraction of sp³-hybridized carbons (Fsp3) is 0.923. The molecule has 32 heavy (non-hydrogen) atoms. The quantitative estimate of drug-likeness (QED) is 0.146. The molecule has 5 atom stereocenters. The highest BCUT2D eigenvalue weighted by atomic mass is 28.4. The Labute approximate surface area is 197 Å². The molecule has 0 spiro atoms. The van der Waals surface area contributed by atoms with E-state index in [-0.39, 0.29) is 17.4 Å². The van der Waals surface area contributed by atoms with Gasteiger partial charge in [0.2, 0.25) is 0 Å². The first-order valence-electron chi connectivity index (χ1n) is 12.9. The second kappa shape index (κ2) is 11.9. The van der Waals surface area contributed by atoms with Crippen LogP contribution in [0.4, 0.5) is 0 Å². The van der Waals surface area contributed by atoms with Crippen molar-refractivity contribution in [1.82, 2.24) is 0 Å². The molecule has 5 nitrogen and oxygen atoms in total. The Morgan fingerprint density at radius 3 is 2.66 bits per heavy atom. The molecule has 1 saturated heterocycles. The Bertz CT molecular complexity index is 594. The summed E-state index contributed by atoms with van der Waals surface area (Å²) in [5.41, 5.74) is 1.64. The van der Waals surface area contributed by atoms with E-state index in [4.69, 9.17) is 23.4 Å². The van der Waals surface area contributed by atoms with Crippen LogP contribution in [0.5, 0.6) is 0 Å². The summed E-state index contributed by atoms with van der Waals surface area (Å²) >= 11 is 0. The minimum Gasteiger partial charge on any atom is -0.416 e. The molecule has 2 aliphatic carbocycles. The van der Waals surface area contributed by atoms with Crippen LogP contribution < -0.4 is 0 Å². The van der Waals surface area contributed by atoms with E-state index in [2.05, 4.69) is 39.9 Å². The zero-order chi connectivity index (χ0) is 23.2. The lowest BCUT2D eigenvalue weighted by molar-refractivity contribution is -0.197. The summed E-state index contributed by atoms with van der Waals surface area (Å²) in [7, 11) is -0.109. The lowest BCUT2D eigenvalue weighted by Crippen LogP contribution is -2.44. The zero-order valence-electron chi connectivity index (χ0n) is 21.5. The molecule has 0 aromatic carbocycles. The van der Waals surface area contributed by atoms with E-state index >= 15 is 0 Å². The van der Waals surface area contributed by atoms with E-state index in [9.17, 15) is 0 Å². The van der Waals surface area contributed by atoms with Crippen molar-refractivity contribution in [3.63, 3.8) is 0 Å². The molecule has 3 aliphatic rings. The van der Waals surface area contributed by atoms with E-state index in [1.807, 2.05) is 0 Å². The highest BCUT2D eigenvalue weighted by Gasteiger charge is 2.48. The molecule has 0 aromatic heterocycles. The monoisotopic (exact) mass is 468 g/mol. The van der Waals surface area contributed by atoms with Crippen molar-refractivity contribution in [3.8, 4) is 0 Å². The Morgan fingerprint density at radius 1 is 1.16 bits per heavy atom. The van der Waals surface area contributed by atoms with Crippen LogP contribution in [0.1, 0.15) is 72.1 Å². The van der Waals surface area contributed by atoms with Gasteiger partial charge in [0.25, 0.3) is 0 Å². The molecular formula is C26H48O5Si. The van der Waals surface area contributed by atoms with Crippen molar-refractivity contribution in [1.29, 1.82) is 0 Å². The van der Waals surface area contributed by atoms with Gasteiger partial charge in [0.15, 0.2) is 14.6 Å². The normalized spacial score (nSPS) is 31.1. The third-order valence-electron chi connectivity index (χ3n) is 8.17. The van der Waals surface area contributed by atoms with Crippen LogP contribution in [-0.2, 0) is 23.4 Å².